The van der Waals surface area contributed by atoms with Crippen molar-refractivity contribution in [2.24, 2.45) is 0 Å². The van der Waals surface area contributed by atoms with E-state index in [0.29, 0.717) is 32.6 Å². The smallest absolute Gasteiger partial charge is 0.312 e. The fourth-order valence-corrected chi connectivity index (χ4v) is 3.35. The van der Waals surface area contributed by atoms with Gasteiger partial charge in [0.1, 0.15) is 11.6 Å². The number of carbonyl (C=O) groups is 3. The van der Waals surface area contributed by atoms with E-state index in [1.165, 1.54) is 21.9 Å². The maximum atomic E-state index is 13.0. The van der Waals surface area contributed by atoms with Crippen LogP contribution in [0, 0.1) is 5.82 Å². The molecule has 2 aromatic carbocycles. The van der Waals surface area contributed by atoms with E-state index < -0.39 is 11.8 Å². The molecule has 0 bridgehead atoms. The van der Waals surface area contributed by atoms with Gasteiger partial charge in [0.2, 0.25) is 5.91 Å². The van der Waals surface area contributed by atoms with Gasteiger partial charge in [-0.3, -0.25) is 14.4 Å². The number of nitrogens with one attached hydrogen (secondary N) is 1. The Morgan fingerprint density at radius 3 is 2.26 bits per heavy atom. The van der Waals surface area contributed by atoms with Gasteiger partial charge >= 0.3 is 11.8 Å². The van der Waals surface area contributed by atoms with Gasteiger partial charge in [-0.1, -0.05) is 24.3 Å². The van der Waals surface area contributed by atoms with Gasteiger partial charge in [-0.05, 0) is 41.8 Å². The molecule has 0 aromatic heterocycles. The summed E-state index contributed by atoms with van der Waals surface area (Å²) in [6.07, 6.45) is 0.749. The lowest BCUT2D eigenvalue weighted by Crippen LogP contribution is -2.54. The van der Waals surface area contributed by atoms with E-state index in [1.807, 2.05) is 24.3 Å². The first-order valence-electron chi connectivity index (χ1n) is 10.2. The van der Waals surface area contributed by atoms with Crippen LogP contribution < -0.4 is 10.1 Å². The fraction of sp³-hybridized carbons (Fsp3) is 0.348. The van der Waals surface area contributed by atoms with Gasteiger partial charge in [0.25, 0.3) is 0 Å². The zero-order chi connectivity index (χ0) is 22.2. The van der Waals surface area contributed by atoms with Gasteiger partial charge in [-0.25, -0.2) is 4.39 Å². The highest BCUT2D eigenvalue weighted by atomic mass is 19.1. The third-order valence-electron chi connectivity index (χ3n) is 5.16. The predicted octanol–water partition coefficient (Wildman–Crippen LogP) is 2.10. The van der Waals surface area contributed by atoms with E-state index >= 15 is 0 Å². The van der Waals surface area contributed by atoms with Crippen molar-refractivity contribution in [3.63, 3.8) is 0 Å². The predicted molar refractivity (Wildman–Crippen MR) is 112 cm³/mol. The number of nitrogens with zero attached hydrogens (tertiary/aromatic N) is 2. The Hall–Kier alpha value is -3.42. The summed E-state index contributed by atoms with van der Waals surface area (Å²) >= 11 is 0. The summed E-state index contributed by atoms with van der Waals surface area (Å²) in [5.41, 5.74) is 1.73. The molecule has 3 rings (SSSR count). The molecular weight excluding hydrogens is 401 g/mol. The summed E-state index contributed by atoms with van der Waals surface area (Å²) in [4.78, 5) is 39.8. The van der Waals surface area contributed by atoms with Crippen molar-refractivity contribution in [1.29, 1.82) is 0 Å². The van der Waals surface area contributed by atoms with E-state index in [9.17, 15) is 18.8 Å². The molecule has 0 atom stereocenters. The van der Waals surface area contributed by atoms with Crippen LogP contribution in [0.2, 0.25) is 0 Å². The highest BCUT2D eigenvalue weighted by molar-refractivity contribution is 6.35. The summed E-state index contributed by atoms with van der Waals surface area (Å²) in [6.45, 7) is 1.87. The molecule has 0 saturated carbocycles. The second kappa shape index (κ2) is 10.6. The number of amides is 3. The molecule has 0 aliphatic carbocycles. The summed E-state index contributed by atoms with van der Waals surface area (Å²) < 4.78 is 18.1. The molecule has 31 heavy (non-hydrogen) atoms. The van der Waals surface area contributed by atoms with Crippen LogP contribution in [-0.2, 0) is 27.5 Å². The van der Waals surface area contributed by atoms with Gasteiger partial charge in [0.05, 0.1) is 7.11 Å². The Labute approximate surface area is 180 Å². The maximum Gasteiger partial charge on any atom is 0.312 e. The SMILES string of the molecule is COc1ccc(CNC(=O)CCCN2CCN(Cc3ccc(F)cc3)C(=O)C2=O)cc1. The third kappa shape index (κ3) is 6.28. The third-order valence-corrected chi connectivity index (χ3v) is 5.16. The van der Waals surface area contributed by atoms with E-state index in [4.69, 9.17) is 4.74 Å². The number of carbonyl (C=O) groups excluding carboxylic acids is 3. The Kier molecular flexibility index (Phi) is 7.59. The summed E-state index contributed by atoms with van der Waals surface area (Å²) in [5, 5.41) is 2.85. The first-order chi connectivity index (χ1) is 15.0. The fourth-order valence-electron chi connectivity index (χ4n) is 3.35. The molecular formula is C23H26FN3O4. The minimum atomic E-state index is -0.570. The average molecular weight is 427 g/mol. The van der Waals surface area contributed by atoms with Crippen LogP contribution in [0.15, 0.2) is 48.5 Å². The Balaban J connectivity index is 1.38. The number of piperazine rings is 1. The zero-order valence-electron chi connectivity index (χ0n) is 17.5. The highest BCUT2D eigenvalue weighted by Gasteiger charge is 2.32. The summed E-state index contributed by atoms with van der Waals surface area (Å²) in [5.74, 6) is -0.827. The van der Waals surface area contributed by atoms with E-state index in [1.54, 1.807) is 19.2 Å². The number of benzene rings is 2. The van der Waals surface area contributed by atoms with Crippen LogP contribution >= 0.6 is 0 Å². The lowest BCUT2D eigenvalue weighted by Gasteiger charge is -2.33. The second-order valence-corrected chi connectivity index (χ2v) is 7.37. The van der Waals surface area contributed by atoms with Gasteiger partial charge < -0.3 is 19.9 Å². The molecule has 1 aliphatic rings. The molecule has 8 heteroatoms. The number of methoxy groups -OCH3 is 1. The van der Waals surface area contributed by atoms with Crippen LogP contribution in [-0.4, -0.2) is 54.3 Å². The first kappa shape index (κ1) is 22.3. The largest absolute Gasteiger partial charge is 0.497 e. The van der Waals surface area contributed by atoms with E-state index in [0.717, 1.165) is 16.9 Å². The molecule has 1 N–H and O–H groups in total. The Morgan fingerprint density at radius 1 is 0.968 bits per heavy atom. The minimum Gasteiger partial charge on any atom is -0.497 e. The topological polar surface area (TPSA) is 79.0 Å². The van der Waals surface area contributed by atoms with Crippen molar-refractivity contribution < 1.29 is 23.5 Å². The standard InChI is InChI=1S/C23H26FN3O4/c1-31-20-10-6-17(7-11-20)15-25-21(28)3-2-12-26-13-14-27(23(30)22(26)29)16-18-4-8-19(24)9-5-18/h4-11H,2-3,12-16H2,1H3,(H,25,28). The van der Waals surface area contributed by atoms with Crippen LogP contribution in [0.25, 0.3) is 0 Å². The zero-order valence-corrected chi connectivity index (χ0v) is 17.5. The van der Waals surface area contributed by atoms with Crippen molar-refractivity contribution in [2.75, 3.05) is 26.7 Å². The number of hydrogen-bond acceptors (Lipinski definition) is 4. The van der Waals surface area contributed by atoms with Crippen molar-refractivity contribution in [3.05, 3.63) is 65.5 Å². The molecule has 0 unspecified atom stereocenters. The highest BCUT2D eigenvalue weighted by Crippen LogP contribution is 2.13. The van der Waals surface area contributed by atoms with Crippen molar-refractivity contribution in [2.45, 2.75) is 25.9 Å². The Morgan fingerprint density at radius 2 is 1.58 bits per heavy atom. The normalized spacial score (nSPS) is 14.0. The van der Waals surface area contributed by atoms with Crippen LogP contribution in [0.4, 0.5) is 4.39 Å². The van der Waals surface area contributed by atoms with Crippen LogP contribution in [0.5, 0.6) is 5.75 Å². The van der Waals surface area contributed by atoms with Crippen LogP contribution in [0.1, 0.15) is 24.0 Å². The van der Waals surface area contributed by atoms with E-state index in [-0.39, 0.29) is 24.7 Å². The molecule has 1 fully saturated rings. The Bertz CT molecular complexity index is 915. The lowest BCUT2D eigenvalue weighted by atomic mass is 10.1. The van der Waals surface area contributed by atoms with Crippen LogP contribution in [0.3, 0.4) is 0 Å². The molecule has 1 saturated heterocycles. The maximum absolute atomic E-state index is 13.0. The number of halogens is 1. The van der Waals surface area contributed by atoms with E-state index in [2.05, 4.69) is 5.32 Å². The molecule has 1 aliphatic heterocycles. The number of ether oxygens (including phenoxy) is 1. The van der Waals surface area contributed by atoms with Gasteiger partial charge in [0.15, 0.2) is 0 Å². The number of rotatable bonds is 9. The van der Waals surface area contributed by atoms with Gasteiger partial charge in [-0.15, -0.1) is 0 Å². The number of hydrogen-bond donors (Lipinski definition) is 1. The second-order valence-electron chi connectivity index (χ2n) is 7.37. The molecule has 0 spiro atoms. The van der Waals surface area contributed by atoms with Gasteiger partial charge in [0, 0.05) is 39.1 Å². The molecule has 2 aromatic rings. The van der Waals surface area contributed by atoms with Crippen molar-refractivity contribution in [3.8, 4) is 5.75 Å². The molecule has 1 heterocycles. The first-order valence-corrected chi connectivity index (χ1v) is 10.2. The minimum absolute atomic E-state index is 0.107. The average Bonchev–Trinajstić information content (AvgIpc) is 2.79. The van der Waals surface area contributed by atoms with Crippen molar-refractivity contribution in [1.82, 2.24) is 15.1 Å². The van der Waals surface area contributed by atoms with Gasteiger partial charge in [-0.2, -0.15) is 0 Å². The quantitative estimate of drug-likeness (QED) is 0.622. The monoisotopic (exact) mass is 427 g/mol. The summed E-state index contributed by atoms with van der Waals surface area (Å²) in [6, 6.07) is 13.3. The summed E-state index contributed by atoms with van der Waals surface area (Å²) in [7, 11) is 1.60. The molecule has 7 nitrogen and oxygen atoms in total. The molecule has 0 radical (unpaired) electrons. The van der Waals surface area contributed by atoms with Crippen molar-refractivity contribution >= 4 is 17.7 Å². The molecule has 164 valence electrons. The lowest BCUT2D eigenvalue weighted by molar-refractivity contribution is -0.156. The molecule has 3 amide bonds.